The third-order valence-electron chi connectivity index (χ3n) is 3.64. The first kappa shape index (κ1) is 7.14. The molecule has 0 spiro atoms. The summed E-state index contributed by atoms with van der Waals surface area (Å²) in [6.07, 6.45) is 10.5. The van der Waals surface area contributed by atoms with E-state index in [1.54, 1.807) is 0 Å². The molecule has 0 aliphatic heterocycles. The molecule has 12 heavy (non-hydrogen) atoms. The SMILES string of the molecule is C1=CC2C(CC1)C2CNC1CC1. The molecular formula is C11H17N. The Morgan fingerprint density at radius 3 is 2.83 bits per heavy atom. The highest BCUT2D eigenvalue weighted by atomic mass is 15.0. The van der Waals surface area contributed by atoms with Crippen molar-refractivity contribution in [1.82, 2.24) is 5.32 Å². The summed E-state index contributed by atoms with van der Waals surface area (Å²) >= 11 is 0. The summed E-state index contributed by atoms with van der Waals surface area (Å²) < 4.78 is 0. The van der Waals surface area contributed by atoms with Crippen LogP contribution in [0.5, 0.6) is 0 Å². The highest BCUT2D eigenvalue weighted by Gasteiger charge is 2.48. The number of nitrogens with one attached hydrogen (secondary N) is 1. The van der Waals surface area contributed by atoms with Crippen LogP contribution in [0.25, 0.3) is 0 Å². The Labute approximate surface area is 74.2 Å². The third-order valence-corrected chi connectivity index (χ3v) is 3.64. The van der Waals surface area contributed by atoms with Crippen LogP contribution in [0, 0.1) is 17.8 Å². The van der Waals surface area contributed by atoms with Crippen LogP contribution in [-0.2, 0) is 0 Å². The minimum absolute atomic E-state index is 0.900. The Balaban J connectivity index is 1.49. The van der Waals surface area contributed by atoms with E-state index in [0.717, 1.165) is 23.8 Å². The lowest BCUT2D eigenvalue weighted by Crippen LogP contribution is -2.19. The molecule has 0 amide bonds. The molecule has 2 fully saturated rings. The van der Waals surface area contributed by atoms with Crippen molar-refractivity contribution in [3.8, 4) is 0 Å². The molecule has 3 aliphatic carbocycles. The van der Waals surface area contributed by atoms with Crippen LogP contribution in [-0.4, -0.2) is 12.6 Å². The van der Waals surface area contributed by atoms with Crippen molar-refractivity contribution in [3.63, 3.8) is 0 Å². The molecule has 0 radical (unpaired) electrons. The summed E-state index contributed by atoms with van der Waals surface area (Å²) in [6, 6.07) is 0.900. The van der Waals surface area contributed by atoms with Gasteiger partial charge in [-0.2, -0.15) is 0 Å². The van der Waals surface area contributed by atoms with Crippen LogP contribution in [0.15, 0.2) is 12.2 Å². The van der Waals surface area contributed by atoms with Crippen LogP contribution in [0.1, 0.15) is 25.7 Å². The van der Waals surface area contributed by atoms with Crippen molar-refractivity contribution >= 4 is 0 Å². The predicted octanol–water partition coefficient (Wildman–Crippen LogP) is 1.95. The molecule has 3 aliphatic rings. The largest absolute Gasteiger partial charge is 0.314 e. The van der Waals surface area contributed by atoms with Gasteiger partial charge >= 0.3 is 0 Å². The van der Waals surface area contributed by atoms with E-state index in [1.165, 1.54) is 32.2 Å². The molecule has 0 aromatic carbocycles. The van der Waals surface area contributed by atoms with E-state index in [1.807, 2.05) is 0 Å². The summed E-state index contributed by atoms with van der Waals surface area (Å²) in [6.45, 7) is 1.30. The molecule has 66 valence electrons. The maximum Gasteiger partial charge on any atom is 0.00683 e. The summed E-state index contributed by atoms with van der Waals surface area (Å²) in [5.41, 5.74) is 0. The zero-order valence-electron chi connectivity index (χ0n) is 7.50. The summed E-state index contributed by atoms with van der Waals surface area (Å²) in [4.78, 5) is 0. The first-order valence-corrected chi connectivity index (χ1v) is 5.35. The summed E-state index contributed by atoms with van der Waals surface area (Å²) in [5.74, 6) is 3.02. The van der Waals surface area contributed by atoms with Crippen LogP contribution < -0.4 is 5.32 Å². The van der Waals surface area contributed by atoms with Gasteiger partial charge in [-0.15, -0.1) is 0 Å². The fourth-order valence-corrected chi connectivity index (χ4v) is 2.59. The van der Waals surface area contributed by atoms with E-state index in [4.69, 9.17) is 0 Å². The quantitative estimate of drug-likeness (QED) is 0.627. The van der Waals surface area contributed by atoms with Gasteiger partial charge in [-0.05, 0) is 50.0 Å². The molecule has 0 bridgehead atoms. The van der Waals surface area contributed by atoms with Crippen molar-refractivity contribution in [2.45, 2.75) is 31.7 Å². The third kappa shape index (κ3) is 1.20. The Kier molecular flexibility index (Phi) is 1.54. The van der Waals surface area contributed by atoms with Crippen molar-refractivity contribution < 1.29 is 0 Å². The molecule has 2 saturated carbocycles. The average molecular weight is 163 g/mol. The van der Waals surface area contributed by atoms with E-state index < -0.39 is 0 Å². The molecule has 3 atom stereocenters. The number of allylic oxidation sites excluding steroid dienone is 2. The van der Waals surface area contributed by atoms with Gasteiger partial charge in [0.15, 0.2) is 0 Å². The van der Waals surface area contributed by atoms with Gasteiger partial charge in [-0.3, -0.25) is 0 Å². The standard InChI is InChI=1S/C11H17N/c1-2-4-10-9(3-1)11(10)7-12-8-5-6-8/h1,3,8-12H,2,4-7H2. The molecule has 0 heterocycles. The maximum absolute atomic E-state index is 3.64. The lowest BCUT2D eigenvalue weighted by molar-refractivity contribution is 0.579. The number of fused-ring (bicyclic) bond motifs is 1. The Morgan fingerprint density at radius 1 is 1.25 bits per heavy atom. The Morgan fingerprint density at radius 2 is 2.17 bits per heavy atom. The smallest absolute Gasteiger partial charge is 0.00683 e. The number of hydrogen-bond acceptors (Lipinski definition) is 1. The molecule has 3 rings (SSSR count). The monoisotopic (exact) mass is 163 g/mol. The average Bonchev–Trinajstić information content (AvgIpc) is 2.97. The van der Waals surface area contributed by atoms with Gasteiger partial charge in [0.2, 0.25) is 0 Å². The predicted molar refractivity (Wildman–Crippen MR) is 49.9 cm³/mol. The lowest BCUT2D eigenvalue weighted by Gasteiger charge is -1.99. The topological polar surface area (TPSA) is 12.0 Å². The zero-order chi connectivity index (χ0) is 7.97. The number of rotatable bonds is 3. The molecule has 1 N–H and O–H groups in total. The van der Waals surface area contributed by atoms with Crippen LogP contribution in [0.4, 0.5) is 0 Å². The Hall–Kier alpha value is -0.300. The highest BCUT2D eigenvalue weighted by Crippen LogP contribution is 2.52. The molecule has 0 saturated heterocycles. The van der Waals surface area contributed by atoms with Crippen molar-refractivity contribution in [2.75, 3.05) is 6.54 Å². The lowest BCUT2D eigenvalue weighted by atomic mass is 10.1. The van der Waals surface area contributed by atoms with Crippen LogP contribution in [0.2, 0.25) is 0 Å². The van der Waals surface area contributed by atoms with Gasteiger partial charge < -0.3 is 5.32 Å². The normalized spacial score (nSPS) is 44.2. The van der Waals surface area contributed by atoms with Gasteiger partial charge in [0.05, 0.1) is 0 Å². The van der Waals surface area contributed by atoms with E-state index >= 15 is 0 Å². The molecule has 0 aromatic rings. The van der Waals surface area contributed by atoms with Crippen molar-refractivity contribution in [2.24, 2.45) is 17.8 Å². The van der Waals surface area contributed by atoms with Crippen molar-refractivity contribution in [1.29, 1.82) is 0 Å². The van der Waals surface area contributed by atoms with E-state index in [-0.39, 0.29) is 0 Å². The zero-order valence-corrected chi connectivity index (χ0v) is 7.50. The first-order valence-electron chi connectivity index (χ1n) is 5.35. The molecule has 0 aromatic heterocycles. The molecule has 3 unspecified atom stereocenters. The minimum atomic E-state index is 0.900. The second kappa shape index (κ2) is 2.59. The van der Waals surface area contributed by atoms with E-state index in [2.05, 4.69) is 17.5 Å². The Bertz CT molecular complexity index is 205. The van der Waals surface area contributed by atoms with E-state index in [0.29, 0.717) is 0 Å². The maximum atomic E-state index is 3.64. The van der Waals surface area contributed by atoms with Gasteiger partial charge in [0, 0.05) is 6.04 Å². The minimum Gasteiger partial charge on any atom is -0.314 e. The highest BCUT2D eigenvalue weighted by molar-refractivity contribution is 5.13. The molecule has 1 heteroatoms. The number of hydrogen-bond donors (Lipinski definition) is 1. The fourth-order valence-electron chi connectivity index (χ4n) is 2.59. The van der Waals surface area contributed by atoms with Gasteiger partial charge in [-0.1, -0.05) is 12.2 Å². The van der Waals surface area contributed by atoms with Gasteiger partial charge in [0.25, 0.3) is 0 Å². The van der Waals surface area contributed by atoms with Gasteiger partial charge in [0.1, 0.15) is 0 Å². The van der Waals surface area contributed by atoms with Crippen molar-refractivity contribution in [3.05, 3.63) is 12.2 Å². The molecular weight excluding hydrogens is 146 g/mol. The van der Waals surface area contributed by atoms with Gasteiger partial charge in [-0.25, -0.2) is 0 Å². The second-order valence-electron chi connectivity index (χ2n) is 4.59. The first-order chi connectivity index (χ1) is 5.95. The molecule has 1 nitrogen and oxygen atoms in total. The summed E-state index contributed by atoms with van der Waals surface area (Å²) in [7, 11) is 0. The van der Waals surface area contributed by atoms with Crippen LogP contribution in [0.3, 0.4) is 0 Å². The second-order valence-corrected chi connectivity index (χ2v) is 4.59. The van der Waals surface area contributed by atoms with Crippen LogP contribution >= 0.6 is 0 Å². The van der Waals surface area contributed by atoms with E-state index in [9.17, 15) is 0 Å². The fraction of sp³-hybridized carbons (Fsp3) is 0.818. The summed E-state index contributed by atoms with van der Waals surface area (Å²) in [5, 5.41) is 3.64.